The standard InChI is InChI=1S/C20H23N3O3S/c1-20(2,3)16(24)11-19-22(18(26)13-27-19)12-17(25)23-10-9-15(21-23)14-7-5-4-6-8-14/h4-8,11H,9-10,12-13H2,1-3H3/b19-11-. The van der Waals surface area contributed by atoms with Crippen LogP contribution < -0.4 is 0 Å². The molecule has 1 aromatic rings. The topological polar surface area (TPSA) is 70.1 Å². The fourth-order valence-corrected chi connectivity index (χ4v) is 3.66. The highest BCUT2D eigenvalue weighted by molar-refractivity contribution is 8.04. The zero-order chi connectivity index (χ0) is 19.6. The second kappa shape index (κ2) is 7.68. The van der Waals surface area contributed by atoms with Gasteiger partial charge in [-0.05, 0) is 5.56 Å². The second-order valence-corrected chi connectivity index (χ2v) is 8.54. The average Bonchev–Trinajstić information content (AvgIpc) is 3.24. The predicted octanol–water partition coefficient (Wildman–Crippen LogP) is 2.66. The van der Waals surface area contributed by atoms with Crippen LogP contribution in [-0.2, 0) is 14.4 Å². The van der Waals surface area contributed by atoms with Gasteiger partial charge in [-0.2, -0.15) is 5.10 Å². The van der Waals surface area contributed by atoms with E-state index in [1.807, 2.05) is 51.1 Å². The first kappa shape index (κ1) is 19.4. The van der Waals surface area contributed by atoms with Crippen LogP contribution >= 0.6 is 11.8 Å². The molecular formula is C20H23N3O3S. The Kier molecular flexibility index (Phi) is 5.51. The van der Waals surface area contributed by atoms with Crippen LogP contribution in [0.2, 0.25) is 0 Å². The molecule has 2 aliphatic rings. The molecule has 0 saturated carbocycles. The number of hydrazone groups is 1. The van der Waals surface area contributed by atoms with Crippen LogP contribution in [0.15, 0.2) is 46.5 Å². The molecule has 2 aliphatic heterocycles. The van der Waals surface area contributed by atoms with Crippen LogP contribution in [0.1, 0.15) is 32.8 Å². The molecule has 0 spiro atoms. The maximum atomic E-state index is 12.7. The van der Waals surface area contributed by atoms with Crippen LogP contribution in [-0.4, -0.2) is 52.1 Å². The number of hydrogen-bond acceptors (Lipinski definition) is 5. The van der Waals surface area contributed by atoms with Crippen molar-refractivity contribution in [2.45, 2.75) is 27.2 Å². The van der Waals surface area contributed by atoms with Crippen molar-refractivity contribution in [1.29, 1.82) is 0 Å². The van der Waals surface area contributed by atoms with Crippen molar-refractivity contribution in [1.82, 2.24) is 9.91 Å². The van der Waals surface area contributed by atoms with Gasteiger partial charge < -0.3 is 0 Å². The smallest absolute Gasteiger partial charge is 0.262 e. The number of benzene rings is 1. The molecule has 142 valence electrons. The predicted molar refractivity (Wildman–Crippen MR) is 106 cm³/mol. The number of amides is 2. The minimum absolute atomic E-state index is 0.0669. The zero-order valence-corrected chi connectivity index (χ0v) is 16.6. The van der Waals surface area contributed by atoms with Crippen LogP contribution in [0.25, 0.3) is 0 Å². The molecule has 1 aromatic carbocycles. The monoisotopic (exact) mass is 385 g/mol. The van der Waals surface area contributed by atoms with E-state index in [0.717, 1.165) is 11.3 Å². The molecular weight excluding hydrogens is 362 g/mol. The molecule has 0 N–H and O–H groups in total. The molecule has 1 fully saturated rings. The molecule has 27 heavy (non-hydrogen) atoms. The minimum Gasteiger partial charge on any atom is -0.296 e. The van der Waals surface area contributed by atoms with Gasteiger partial charge in [0.1, 0.15) is 6.54 Å². The Balaban J connectivity index is 1.71. The number of thioether (sulfide) groups is 1. The van der Waals surface area contributed by atoms with E-state index in [-0.39, 0.29) is 29.9 Å². The van der Waals surface area contributed by atoms with Crippen molar-refractivity contribution in [3.8, 4) is 0 Å². The largest absolute Gasteiger partial charge is 0.296 e. The summed E-state index contributed by atoms with van der Waals surface area (Å²) in [4.78, 5) is 38.5. The summed E-state index contributed by atoms with van der Waals surface area (Å²) in [5, 5.41) is 6.38. The molecule has 0 unspecified atom stereocenters. The van der Waals surface area contributed by atoms with Gasteiger partial charge in [0.2, 0.25) is 5.91 Å². The number of carbonyl (C=O) groups excluding carboxylic acids is 3. The van der Waals surface area contributed by atoms with Crippen LogP contribution in [0.4, 0.5) is 0 Å². The quantitative estimate of drug-likeness (QED) is 0.747. The Labute approximate surface area is 163 Å². The Morgan fingerprint density at radius 1 is 1.22 bits per heavy atom. The van der Waals surface area contributed by atoms with E-state index in [1.165, 1.54) is 27.7 Å². The first-order valence-corrected chi connectivity index (χ1v) is 9.87. The van der Waals surface area contributed by atoms with E-state index in [2.05, 4.69) is 5.10 Å². The van der Waals surface area contributed by atoms with E-state index in [9.17, 15) is 14.4 Å². The van der Waals surface area contributed by atoms with Gasteiger partial charge in [-0.25, -0.2) is 5.01 Å². The van der Waals surface area contributed by atoms with E-state index in [0.29, 0.717) is 18.0 Å². The molecule has 1 saturated heterocycles. The van der Waals surface area contributed by atoms with Crippen molar-refractivity contribution < 1.29 is 14.4 Å². The van der Waals surface area contributed by atoms with Gasteiger partial charge in [0.15, 0.2) is 5.78 Å². The van der Waals surface area contributed by atoms with Crippen molar-refractivity contribution >= 4 is 35.1 Å². The maximum Gasteiger partial charge on any atom is 0.262 e. The summed E-state index contributed by atoms with van der Waals surface area (Å²) in [6.45, 7) is 5.88. The number of ketones is 1. The van der Waals surface area contributed by atoms with E-state index in [4.69, 9.17) is 0 Å². The second-order valence-electron chi connectivity index (χ2n) is 7.54. The van der Waals surface area contributed by atoms with Gasteiger partial charge in [-0.3, -0.25) is 19.3 Å². The molecule has 0 aliphatic carbocycles. The summed E-state index contributed by atoms with van der Waals surface area (Å²) < 4.78 is 0. The number of allylic oxidation sites excluding steroid dienone is 1. The van der Waals surface area contributed by atoms with Gasteiger partial charge in [0.05, 0.1) is 23.0 Å². The van der Waals surface area contributed by atoms with Crippen molar-refractivity contribution in [2.24, 2.45) is 10.5 Å². The first-order chi connectivity index (χ1) is 12.8. The number of nitrogens with zero attached hydrogens (tertiary/aromatic N) is 3. The first-order valence-electron chi connectivity index (χ1n) is 8.88. The average molecular weight is 385 g/mol. The highest BCUT2D eigenvalue weighted by Crippen LogP contribution is 2.30. The van der Waals surface area contributed by atoms with Gasteiger partial charge in [0.25, 0.3) is 5.91 Å². The zero-order valence-electron chi connectivity index (χ0n) is 15.8. The Morgan fingerprint density at radius 2 is 1.93 bits per heavy atom. The van der Waals surface area contributed by atoms with Crippen LogP contribution in [0.3, 0.4) is 0 Å². The fraction of sp³-hybridized carbons (Fsp3) is 0.400. The maximum absolute atomic E-state index is 12.7. The van der Waals surface area contributed by atoms with Crippen molar-refractivity contribution in [2.75, 3.05) is 18.8 Å². The third kappa shape index (κ3) is 4.47. The van der Waals surface area contributed by atoms with Gasteiger partial charge in [-0.15, -0.1) is 0 Å². The van der Waals surface area contributed by atoms with Crippen LogP contribution in [0.5, 0.6) is 0 Å². The molecule has 0 atom stereocenters. The minimum atomic E-state index is -0.529. The Bertz CT molecular complexity index is 825. The van der Waals surface area contributed by atoms with E-state index < -0.39 is 5.41 Å². The van der Waals surface area contributed by atoms with E-state index >= 15 is 0 Å². The summed E-state index contributed by atoms with van der Waals surface area (Å²) in [6, 6.07) is 9.74. The molecule has 0 radical (unpaired) electrons. The Morgan fingerprint density at radius 3 is 2.59 bits per heavy atom. The molecule has 6 nitrogen and oxygen atoms in total. The summed E-state index contributed by atoms with van der Waals surface area (Å²) in [5.41, 5.74) is 1.33. The lowest BCUT2D eigenvalue weighted by Gasteiger charge is -2.20. The van der Waals surface area contributed by atoms with Crippen molar-refractivity contribution in [3.05, 3.63) is 47.0 Å². The summed E-state index contributed by atoms with van der Waals surface area (Å²) in [5.74, 6) is -0.226. The van der Waals surface area contributed by atoms with E-state index in [1.54, 1.807) is 0 Å². The lowest BCUT2D eigenvalue weighted by Crippen LogP contribution is -2.37. The SMILES string of the molecule is CC(C)(C)C(=O)/C=C1\SCC(=O)N1CC(=O)N1CCC(c2ccccc2)=N1. The highest BCUT2D eigenvalue weighted by Gasteiger charge is 2.33. The number of rotatable bonds is 4. The highest BCUT2D eigenvalue weighted by atomic mass is 32.2. The summed E-state index contributed by atoms with van der Waals surface area (Å²) >= 11 is 1.30. The fourth-order valence-electron chi connectivity index (χ4n) is 2.72. The molecule has 0 bridgehead atoms. The van der Waals surface area contributed by atoms with Gasteiger partial charge >= 0.3 is 0 Å². The molecule has 2 heterocycles. The lowest BCUT2D eigenvalue weighted by atomic mass is 9.91. The molecule has 3 rings (SSSR count). The lowest BCUT2D eigenvalue weighted by molar-refractivity contribution is -0.136. The Hall–Kier alpha value is -2.41. The van der Waals surface area contributed by atoms with Gasteiger partial charge in [0, 0.05) is 17.9 Å². The third-order valence-corrected chi connectivity index (χ3v) is 5.42. The molecule has 2 amide bonds. The number of hydrogen-bond donors (Lipinski definition) is 0. The van der Waals surface area contributed by atoms with Gasteiger partial charge in [-0.1, -0.05) is 62.9 Å². The number of carbonyl (C=O) groups is 3. The molecule has 7 heteroatoms. The summed E-state index contributed by atoms with van der Waals surface area (Å²) in [7, 11) is 0. The van der Waals surface area contributed by atoms with Crippen LogP contribution in [0, 0.1) is 5.41 Å². The third-order valence-electron chi connectivity index (χ3n) is 4.39. The summed E-state index contributed by atoms with van der Waals surface area (Å²) in [6.07, 6.45) is 2.16. The molecule has 0 aromatic heterocycles. The normalized spacial score (nSPS) is 19.0. The van der Waals surface area contributed by atoms with Crippen molar-refractivity contribution in [3.63, 3.8) is 0 Å².